The van der Waals surface area contributed by atoms with Crippen LogP contribution in [0.2, 0.25) is 0 Å². The minimum atomic E-state index is -1.06. The van der Waals surface area contributed by atoms with Crippen molar-refractivity contribution in [3.05, 3.63) is 41.5 Å². The van der Waals surface area contributed by atoms with Gasteiger partial charge in [0.05, 0.1) is 25.0 Å². The Bertz CT molecular complexity index is 861. The molecular formula is C19H19NO6. The molecule has 1 aliphatic rings. The molecule has 1 aliphatic heterocycles. The van der Waals surface area contributed by atoms with Crippen LogP contribution in [0.4, 0.5) is 10.5 Å². The Morgan fingerprint density at radius 1 is 1.31 bits per heavy atom. The SMILES string of the molecule is CCCOc1c(OC)cc(C(=O)O)cc1-c1ccc2c(c1)COC(=O)N2. The number of carboxylic acid groups (broad SMARTS) is 1. The van der Waals surface area contributed by atoms with E-state index in [0.29, 0.717) is 29.4 Å². The molecule has 1 amide bonds. The molecule has 0 atom stereocenters. The first-order chi connectivity index (χ1) is 12.5. The Morgan fingerprint density at radius 2 is 2.12 bits per heavy atom. The maximum absolute atomic E-state index is 11.5. The molecule has 2 N–H and O–H groups in total. The van der Waals surface area contributed by atoms with E-state index >= 15 is 0 Å². The Morgan fingerprint density at radius 3 is 2.81 bits per heavy atom. The van der Waals surface area contributed by atoms with Gasteiger partial charge in [0.25, 0.3) is 0 Å². The lowest BCUT2D eigenvalue weighted by Gasteiger charge is -2.20. The summed E-state index contributed by atoms with van der Waals surface area (Å²) in [5.41, 5.74) is 2.92. The summed E-state index contributed by atoms with van der Waals surface area (Å²) in [4.78, 5) is 22.8. The number of benzene rings is 2. The number of carbonyl (C=O) groups excluding carboxylic acids is 1. The summed E-state index contributed by atoms with van der Waals surface area (Å²) in [6.45, 7) is 2.60. The summed E-state index contributed by atoms with van der Waals surface area (Å²) in [6.07, 6.45) is 0.305. The van der Waals surface area contributed by atoms with E-state index in [2.05, 4.69) is 5.32 Å². The molecule has 3 rings (SSSR count). The molecule has 0 spiro atoms. The molecule has 0 aromatic heterocycles. The molecule has 26 heavy (non-hydrogen) atoms. The zero-order valence-electron chi connectivity index (χ0n) is 14.5. The third kappa shape index (κ3) is 3.42. The summed E-state index contributed by atoms with van der Waals surface area (Å²) in [7, 11) is 1.47. The molecule has 0 saturated heterocycles. The van der Waals surface area contributed by atoms with Crippen molar-refractivity contribution < 1.29 is 28.9 Å². The second kappa shape index (κ2) is 7.35. The minimum absolute atomic E-state index is 0.1000. The van der Waals surface area contributed by atoms with Crippen molar-refractivity contribution in [1.82, 2.24) is 0 Å². The van der Waals surface area contributed by atoms with Gasteiger partial charge in [-0.3, -0.25) is 5.32 Å². The number of ether oxygens (including phenoxy) is 3. The molecular weight excluding hydrogens is 338 g/mol. The van der Waals surface area contributed by atoms with E-state index in [-0.39, 0.29) is 12.2 Å². The summed E-state index contributed by atoms with van der Waals surface area (Å²) < 4.78 is 16.2. The van der Waals surface area contributed by atoms with E-state index in [4.69, 9.17) is 14.2 Å². The largest absolute Gasteiger partial charge is 0.493 e. The smallest absolute Gasteiger partial charge is 0.411 e. The Labute approximate surface area is 150 Å². The van der Waals surface area contributed by atoms with Crippen LogP contribution >= 0.6 is 0 Å². The van der Waals surface area contributed by atoms with E-state index in [0.717, 1.165) is 17.5 Å². The maximum atomic E-state index is 11.5. The van der Waals surface area contributed by atoms with Crippen LogP contribution in [-0.4, -0.2) is 30.9 Å². The highest BCUT2D eigenvalue weighted by atomic mass is 16.5. The number of amides is 1. The Hall–Kier alpha value is -3.22. The van der Waals surface area contributed by atoms with Crippen LogP contribution in [-0.2, 0) is 11.3 Å². The number of hydrogen-bond donors (Lipinski definition) is 2. The number of rotatable bonds is 6. The quantitative estimate of drug-likeness (QED) is 0.814. The van der Waals surface area contributed by atoms with Crippen molar-refractivity contribution in [3.63, 3.8) is 0 Å². The fourth-order valence-electron chi connectivity index (χ4n) is 2.74. The standard InChI is InChI=1S/C19H19NO6/c1-3-6-25-17-14(8-12(18(21)22)9-16(17)24-2)11-4-5-15-13(7-11)10-26-19(23)20-15/h4-5,7-9H,3,6,10H2,1-2H3,(H,20,23)(H,21,22). The first kappa shape index (κ1) is 17.6. The number of fused-ring (bicyclic) bond motifs is 1. The molecule has 0 aliphatic carbocycles. The molecule has 136 valence electrons. The lowest BCUT2D eigenvalue weighted by Crippen LogP contribution is -2.20. The van der Waals surface area contributed by atoms with Crippen molar-refractivity contribution in [3.8, 4) is 22.6 Å². The van der Waals surface area contributed by atoms with Gasteiger partial charge in [-0.2, -0.15) is 0 Å². The molecule has 2 aromatic rings. The number of cyclic esters (lactones) is 1. The van der Waals surface area contributed by atoms with E-state index in [1.54, 1.807) is 18.2 Å². The molecule has 7 nitrogen and oxygen atoms in total. The van der Waals surface area contributed by atoms with Crippen molar-refractivity contribution in [2.45, 2.75) is 20.0 Å². The van der Waals surface area contributed by atoms with Gasteiger partial charge < -0.3 is 19.3 Å². The van der Waals surface area contributed by atoms with Gasteiger partial charge in [-0.05, 0) is 36.2 Å². The average Bonchev–Trinajstić information content (AvgIpc) is 2.65. The van der Waals surface area contributed by atoms with Crippen LogP contribution in [0.5, 0.6) is 11.5 Å². The summed E-state index contributed by atoms with van der Waals surface area (Å²) in [5.74, 6) is -0.212. The van der Waals surface area contributed by atoms with Gasteiger partial charge in [0, 0.05) is 11.1 Å². The number of anilines is 1. The number of nitrogens with one attached hydrogen (secondary N) is 1. The van der Waals surface area contributed by atoms with E-state index in [1.165, 1.54) is 13.2 Å². The molecule has 7 heteroatoms. The first-order valence-electron chi connectivity index (χ1n) is 8.18. The topological polar surface area (TPSA) is 94.1 Å². The maximum Gasteiger partial charge on any atom is 0.411 e. The lowest BCUT2D eigenvalue weighted by molar-refractivity contribution is 0.0696. The summed E-state index contributed by atoms with van der Waals surface area (Å²) in [6, 6.07) is 8.39. The highest BCUT2D eigenvalue weighted by Crippen LogP contribution is 2.41. The van der Waals surface area contributed by atoms with Crippen LogP contribution in [0.1, 0.15) is 29.3 Å². The Kier molecular flexibility index (Phi) is 4.97. The van der Waals surface area contributed by atoms with Crippen LogP contribution in [0.3, 0.4) is 0 Å². The summed E-state index contributed by atoms with van der Waals surface area (Å²) >= 11 is 0. The van der Waals surface area contributed by atoms with Gasteiger partial charge in [-0.25, -0.2) is 9.59 Å². The fourth-order valence-corrected chi connectivity index (χ4v) is 2.74. The van der Waals surface area contributed by atoms with Crippen molar-refractivity contribution in [2.24, 2.45) is 0 Å². The number of hydrogen-bond acceptors (Lipinski definition) is 5. The second-order valence-corrected chi connectivity index (χ2v) is 5.78. The van der Waals surface area contributed by atoms with Crippen molar-refractivity contribution in [2.75, 3.05) is 19.0 Å². The van der Waals surface area contributed by atoms with Crippen LogP contribution < -0.4 is 14.8 Å². The van der Waals surface area contributed by atoms with Crippen molar-refractivity contribution in [1.29, 1.82) is 0 Å². The summed E-state index contributed by atoms with van der Waals surface area (Å²) in [5, 5.41) is 12.0. The lowest BCUT2D eigenvalue weighted by atomic mass is 9.98. The monoisotopic (exact) mass is 357 g/mol. The van der Waals surface area contributed by atoms with Crippen molar-refractivity contribution >= 4 is 17.7 Å². The molecule has 2 aromatic carbocycles. The van der Waals surface area contributed by atoms with Gasteiger partial charge in [0.2, 0.25) is 0 Å². The molecule has 0 bridgehead atoms. The van der Waals surface area contributed by atoms with E-state index < -0.39 is 12.1 Å². The van der Waals surface area contributed by atoms with Gasteiger partial charge in [0.1, 0.15) is 6.61 Å². The zero-order chi connectivity index (χ0) is 18.7. The number of aromatic carboxylic acids is 1. The number of methoxy groups -OCH3 is 1. The van der Waals surface area contributed by atoms with E-state index in [9.17, 15) is 14.7 Å². The van der Waals surface area contributed by atoms with Crippen LogP contribution in [0.25, 0.3) is 11.1 Å². The fraction of sp³-hybridized carbons (Fsp3) is 0.263. The molecule has 0 fully saturated rings. The second-order valence-electron chi connectivity index (χ2n) is 5.78. The third-order valence-corrected chi connectivity index (χ3v) is 3.98. The average molecular weight is 357 g/mol. The highest BCUT2D eigenvalue weighted by molar-refractivity contribution is 5.93. The van der Waals surface area contributed by atoms with Crippen LogP contribution in [0, 0.1) is 0 Å². The highest BCUT2D eigenvalue weighted by Gasteiger charge is 2.21. The molecule has 0 saturated carbocycles. The molecule has 1 heterocycles. The van der Waals surface area contributed by atoms with Gasteiger partial charge >= 0.3 is 12.1 Å². The minimum Gasteiger partial charge on any atom is -0.493 e. The normalized spacial score (nSPS) is 12.6. The van der Waals surface area contributed by atoms with Gasteiger partial charge in [-0.1, -0.05) is 13.0 Å². The van der Waals surface area contributed by atoms with Gasteiger partial charge in [-0.15, -0.1) is 0 Å². The predicted octanol–water partition coefficient (Wildman–Crippen LogP) is 3.91. The zero-order valence-corrected chi connectivity index (χ0v) is 14.5. The Balaban J connectivity index is 2.14. The van der Waals surface area contributed by atoms with E-state index in [1.807, 2.05) is 13.0 Å². The molecule has 0 unspecified atom stereocenters. The molecule has 0 radical (unpaired) electrons. The first-order valence-corrected chi connectivity index (χ1v) is 8.18. The third-order valence-electron chi connectivity index (χ3n) is 3.98. The number of carboxylic acids is 1. The van der Waals surface area contributed by atoms with Crippen LogP contribution in [0.15, 0.2) is 30.3 Å². The predicted molar refractivity (Wildman–Crippen MR) is 95.0 cm³/mol. The van der Waals surface area contributed by atoms with Gasteiger partial charge in [0.15, 0.2) is 11.5 Å². The number of carbonyl (C=O) groups is 2.